The van der Waals surface area contributed by atoms with Gasteiger partial charge in [-0.25, -0.2) is 0 Å². The lowest BCUT2D eigenvalue weighted by Crippen LogP contribution is -2.21. The Hall–Kier alpha value is -2.89. The van der Waals surface area contributed by atoms with Crippen molar-refractivity contribution in [3.63, 3.8) is 0 Å². The van der Waals surface area contributed by atoms with Gasteiger partial charge < -0.3 is 9.84 Å². The topological polar surface area (TPSA) is 72.3 Å². The van der Waals surface area contributed by atoms with Gasteiger partial charge in [0.15, 0.2) is 6.61 Å². The SMILES string of the molecule is O=C(O)C(CC1CC1)c1cc(OCC(F)(F)F)c(-c2ccc3nsnc3c2)c(C(F)(F)F)c1. The number of carbonyl (C=O) groups is 1. The summed E-state index contributed by atoms with van der Waals surface area (Å²) >= 11 is 0.838. The van der Waals surface area contributed by atoms with Crippen molar-refractivity contribution in [3.05, 3.63) is 41.5 Å². The lowest BCUT2D eigenvalue weighted by atomic mass is 9.88. The molecule has 2 aromatic carbocycles. The summed E-state index contributed by atoms with van der Waals surface area (Å²) in [6.45, 7) is -1.83. The summed E-state index contributed by atoms with van der Waals surface area (Å²) in [5.74, 6) is -3.29. The summed E-state index contributed by atoms with van der Waals surface area (Å²) in [7, 11) is 0. The van der Waals surface area contributed by atoms with Crippen molar-refractivity contribution >= 4 is 28.7 Å². The van der Waals surface area contributed by atoms with Crippen LogP contribution in [0.2, 0.25) is 0 Å². The molecule has 12 heteroatoms. The molecule has 1 N–H and O–H groups in total. The van der Waals surface area contributed by atoms with Crippen LogP contribution in [0, 0.1) is 5.92 Å². The second kappa shape index (κ2) is 8.47. The Morgan fingerprint density at radius 1 is 1.09 bits per heavy atom. The van der Waals surface area contributed by atoms with Gasteiger partial charge in [-0.1, -0.05) is 18.9 Å². The van der Waals surface area contributed by atoms with Crippen LogP contribution in [0.25, 0.3) is 22.2 Å². The van der Waals surface area contributed by atoms with E-state index >= 15 is 0 Å². The van der Waals surface area contributed by atoms with Gasteiger partial charge in [-0.05, 0) is 47.7 Å². The number of benzene rings is 2. The first kappa shape index (κ1) is 23.3. The molecule has 1 heterocycles. The van der Waals surface area contributed by atoms with Crippen LogP contribution in [-0.4, -0.2) is 32.6 Å². The third-order valence-corrected chi connectivity index (χ3v) is 5.89. The van der Waals surface area contributed by atoms with E-state index in [4.69, 9.17) is 4.74 Å². The quantitative estimate of drug-likeness (QED) is 0.395. The predicted molar refractivity (Wildman–Crippen MR) is 107 cm³/mol. The Morgan fingerprint density at radius 3 is 2.39 bits per heavy atom. The van der Waals surface area contributed by atoms with Gasteiger partial charge in [0.2, 0.25) is 0 Å². The number of alkyl halides is 6. The van der Waals surface area contributed by atoms with E-state index in [9.17, 15) is 36.2 Å². The molecular formula is C21H16F6N2O3S. The molecule has 1 unspecified atom stereocenters. The number of fused-ring (bicyclic) bond motifs is 1. The summed E-state index contributed by atoms with van der Waals surface area (Å²) in [6, 6.07) is 5.64. The van der Waals surface area contributed by atoms with Gasteiger partial charge in [0.1, 0.15) is 16.8 Å². The van der Waals surface area contributed by atoms with Crippen LogP contribution in [0.1, 0.15) is 36.3 Å². The number of aromatic nitrogens is 2. The van der Waals surface area contributed by atoms with Crippen LogP contribution in [0.4, 0.5) is 26.3 Å². The summed E-state index contributed by atoms with van der Waals surface area (Å²) < 4.78 is 93.8. The number of ether oxygens (including phenoxy) is 1. The molecule has 0 saturated heterocycles. The first-order valence-electron chi connectivity index (χ1n) is 9.82. The Bertz CT molecular complexity index is 1190. The summed E-state index contributed by atoms with van der Waals surface area (Å²) in [5.41, 5.74) is -1.52. The maximum atomic E-state index is 14.1. The highest BCUT2D eigenvalue weighted by atomic mass is 32.1. The maximum Gasteiger partial charge on any atom is 0.422 e. The molecule has 0 aliphatic heterocycles. The second-order valence-electron chi connectivity index (χ2n) is 7.88. The summed E-state index contributed by atoms with van der Waals surface area (Å²) in [4.78, 5) is 11.8. The van der Waals surface area contributed by atoms with E-state index in [1.807, 2.05) is 0 Å². The molecule has 1 aliphatic carbocycles. The molecule has 1 atom stereocenters. The lowest BCUT2D eigenvalue weighted by Gasteiger charge is -2.22. The molecule has 1 fully saturated rings. The number of aliphatic carboxylic acids is 1. The van der Waals surface area contributed by atoms with Crippen molar-refractivity contribution in [1.82, 2.24) is 8.75 Å². The average Bonchev–Trinajstić information content (AvgIpc) is 3.42. The number of carboxylic acid groups (broad SMARTS) is 1. The number of carboxylic acids is 1. The minimum atomic E-state index is -4.99. The number of hydrogen-bond donors (Lipinski definition) is 1. The highest BCUT2D eigenvalue weighted by Gasteiger charge is 2.39. The molecule has 0 spiro atoms. The van der Waals surface area contributed by atoms with Gasteiger partial charge in [-0.2, -0.15) is 35.1 Å². The van der Waals surface area contributed by atoms with Gasteiger partial charge in [0.25, 0.3) is 0 Å². The zero-order valence-corrected chi connectivity index (χ0v) is 17.5. The van der Waals surface area contributed by atoms with E-state index < -0.39 is 47.7 Å². The van der Waals surface area contributed by atoms with Crippen molar-refractivity contribution < 1.29 is 41.0 Å². The van der Waals surface area contributed by atoms with Gasteiger partial charge in [-0.15, -0.1) is 0 Å². The molecule has 1 saturated carbocycles. The van der Waals surface area contributed by atoms with Crippen LogP contribution in [0.15, 0.2) is 30.3 Å². The molecule has 176 valence electrons. The highest BCUT2D eigenvalue weighted by Crippen LogP contribution is 2.47. The molecule has 1 aromatic heterocycles. The van der Waals surface area contributed by atoms with E-state index in [0.29, 0.717) is 11.6 Å². The molecule has 3 aromatic rings. The monoisotopic (exact) mass is 490 g/mol. The fraction of sp³-hybridized carbons (Fsp3) is 0.381. The van der Waals surface area contributed by atoms with Gasteiger partial charge in [0.05, 0.1) is 23.2 Å². The van der Waals surface area contributed by atoms with Crippen LogP contribution < -0.4 is 4.74 Å². The second-order valence-corrected chi connectivity index (χ2v) is 8.41. The molecular weight excluding hydrogens is 474 g/mol. The molecule has 0 radical (unpaired) electrons. The van der Waals surface area contributed by atoms with E-state index in [1.54, 1.807) is 0 Å². The third kappa shape index (κ3) is 5.37. The number of rotatable bonds is 7. The van der Waals surface area contributed by atoms with Crippen LogP contribution in [0.5, 0.6) is 5.75 Å². The highest BCUT2D eigenvalue weighted by molar-refractivity contribution is 7.00. The van der Waals surface area contributed by atoms with Crippen LogP contribution in [-0.2, 0) is 11.0 Å². The standard InChI is InChI=1S/C21H16F6N2O3S/c22-20(23,24)9-32-17-8-12(13(19(30)31)5-10-1-2-10)6-14(21(25,26)27)18(17)11-3-4-15-16(7-11)29-33-28-15/h3-4,6-8,10,13H,1-2,5,9H2,(H,30,31). The minimum absolute atomic E-state index is 0.0548. The summed E-state index contributed by atoms with van der Waals surface area (Å²) in [6.07, 6.45) is -8.18. The lowest BCUT2D eigenvalue weighted by molar-refractivity contribution is -0.153. The minimum Gasteiger partial charge on any atom is -0.483 e. The smallest absolute Gasteiger partial charge is 0.422 e. The Morgan fingerprint density at radius 2 is 1.79 bits per heavy atom. The first-order valence-corrected chi connectivity index (χ1v) is 10.6. The summed E-state index contributed by atoms with van der Waals surface area (Å²) in [5, 5.41) is 9.61. The molecule has 33 heavy (non-hydrogen) atoms. The molecule has 0 amide bonds. The fourth-order valence-electron chi connectivity index (χ4n) is 3.64. The molecule has 0 bridgehead atoms. The Labute approximate surface area is 187 Å². The molecule has 1 aliphatic rings. The van der Waals surface area contributed by atoms with Crippen molar-refractivity contribution in [2.24, 2.45) is 5.92 Å². The average molecular weight is 490 g/mol. The van der Waals surface area contributed by atoms with Crippen LogP contribution >= 0.6 is 11.7 Å². The normalized spacial score (nSPS) is 15.6. The van der Waals surface area contributed by atoms with Gasteiger partial charge in [-0.3, -0.25) is 4.79 Å². The number of halogens is 6. The Balaban J connectivity index is 1.92. The third-order valence-electron chi connectivity index (χ3n) is 5.33. The maximum absolute atomic E-state index is 14.1. The van der Waals surface area contributed by atoms with Crippen molar-refractivity contribution in [1.29, 1.82) is 0 Å². The van der Waals surface area contributed by atoms with Crippen molar-refractivity contribution in [2.75, 3.05) is 6.61 Å². The number of hydrogen-bond acceptors (Lipinski definition) is 5. The Kier molecular flexibility index (Phi) is 5.97. The van der Waals surface area contributed by atoms with E-state index in [1.165, 1.54) is 18.2 Å². The number of nitrogens with zero attached hydrogens (tertiary/aromatic N) is 2. The van der Waals surface area contributed by atoms with E-state index in [2.05, 4.69) is 8.75 Å². The zero-order chi connectivity index (χ0) is 24.0. The van der Waals surface area contributed by atoms with E-state index in [0.717, 1.165) is 30.6 Å². The largest absolute Gasteiger partial charge is 0.483 e. The zero-order valence-electron chi connectivity index (χ0n) is 16.7. The van der Waals surface area contributed by atoms with Crippen molar-refractivity contribution in [3.8, 4) is 16.9 Å². The predicted octanol–water partition coefficient (Wildman–Crippen LogP) is 6.29. The van der Waals surface area contributed by atoms with E-state index in [-0.39, 0.29) is 29.0 Å². The van der Waals surface area contributed by atoms with Gasteiger partial charge >= 0.3 is 18.3 Å². The fourth-order valence-corrected chi connectivity index (χ4v) is 4.15. The first-order chi connectivity index (χ1) is 15.4. The van der Waals surface area contributed by atoms with Crippen molar-refractivity contribution in [2.45, 2.75) is 37.5 Å². The van der Waals surface area contributed by atoms with Gasteiger partial charge in [0, 0.05) is 5.56 Å². The molecule has 5 nitrogen and oxygen atoms in total. The van der Waals surface area contributed by atoms with Crippen LogP contribution in [0.3, 0.4) is 0 Å². The molecule has 4 rings (SSSR count).